The monoisotopic (exact) mass is 370 g/mol. The minimum absolute atomic E-state index is 0.0736. The Bertz CT molecular complexity index is 740. The van der Waals surface area contributed by atoms with E-state index in [2.05, 4.69) is 42.2 Å². The molecule has 1 aliphatic rings. The molecule has 1 atom stereocenters. The Morgan fingerprint density at radius 1 is 1.04 bits per heavy atom. The van der Waals surface area contributed by atoms with Crippen LogP contribution in [0.3, 0.4) is 0 Å². The molecule has 0 radical (unpaired) electrons. The summed E-state index contributed by atoms with van der Waals surface area (Å²) < 4.78 is 5.46. The molecular formula is C21H26N2O2S. The zero-order valence-electron chi connectivity index (χ0n) is 15.6. The molecule has 0 aliphatic carbocycles. The standard InChI is InChI=1S/C21H26N2O2S/c1-16-8-10-18(11-9-16)26-17(2)21(24)23-14-12-22(13-15-23)19-6-4-5-7-20(19)25-3/h4-11,17H,12-15H2,1-3H3/t17-/m0/s1. The zero-order chi connectivity index (χ0) is 18.5. The third-order valence-electron chi connectivity index (χ3n) is 4.70. The summed E-state index contributed by atoms with van der Waals surface area (Å²) in [4.78, 5) is 18.2. The molecule has 0 unspecified atom stereocenters. The normalized spacial score (nSPS) is 15.7. The van der Waals surface area contributed by atoms with Crippen LogP contribution >= 0.6 is 11.8 Å². The van der Waals surface area contributed by atoms with E-state index in [1.54, 1.807) is 18.9 Å². The van der Waals surface area contributed by atoms with Crippen molar-refractivity contribution in [1.29, 1.82) is 0 Å². The van der Waals surface area contributed by atoms with Gasteiger partial charge in [0.2, 0.25) is 5.91 Å². The molecule has 1 aliphatic heterocycles. The van der Waals surface area contributed by atoms with Gasteiger partial charge in [0.15, 0.2) is 0 Å². The molecule has 1 fully saturated rings. The van der Waals surface area contributed by atoms with Crippen LogP contribution in [0.25, 0.3) is 0 Å². The number of methoxy groups -OCH3 is 1. The van der Waals surface area contributed by atoms with Gasteiger partial charge < -0.3 is 14.5 Å². The van der Waals surface area contributed by atoms with Crippen molar-refractivity contribution >= 4 is 23.4 Å². The molecule has 0 N–H and O–H groups in total. The number of carbonyl (C=O) groups excluding carboxylic acids is 1. The number of amides is 1. The Hall–Kier alpha value is -2.14. The molecule has 0 bridgehead atoms. The van der Waals surface area contributed by atoms with Gasteiger partial charge in [-0.05, 0) is 38.1 Å². The summed E-state index contributed by atoms with van der Waals surface area (Å²) in [7, 11) is 1.70. The Morgan fingerprint density at radius 2 is 1.69 bits per heavy atom. The van der Waals surface area contributed by atoms with Crippen molar-refractivity contribution in [2.24, 2.45) is 0 Å². The average Bonchev–Trinajstić information content (AvgIpc) is 2.69. The second-order valence-electron chi connectivity index (χ2n) is 6.56. The molecule has 1 saturated heterocycles. The van der Waals surface area contributed by atoms with Gasteiger partial charge in [-0.25, -0.2) is 0 Å². The Labute approximate surface area is 160 Å². The molecule has 0 aromatic heterocycles. The molecule has 1 amide bonds. The summed E-state index contributed by atoms with van der Waals surface area (Å²) in [5.74, 6) is 1.10. The maximum Gasteiger partial charge on any atom is 0.235 e. The van der Waals surface area contributed by atoms with E-state index in [1.807, 2.05) is 30.0 Å². The summed E-state index contributed by atoms with van der Waals surface area (Å²) in [5.41, 5.74) is 2.34. The Balaban J connectivity index is 1.57. The van der Waals surface area contributed by atoms with Crippen LogP contribution in [0.1, 0.15) is 12.5 Å². The van der Waals surface area contributed by atoms with Gasteiger partial charge in [0.05, 0.1) is 18.0 Å². The van der Waals surface area contributed by atoms with Gasteiger partial charge in [-0.3, -0.25) is 4.79 Å². The maximum absolute atomic E-state index is 12.8. The lowest BCUT2D eigenvalue weighted by atomic mass is 10.2. The lowest BCUT2D eigenvalue weighted by molar-refractivity contribution is -0.130. The first kappa shape index (κ1) is 18.6. The molecule has 5 heteroatoms. The van der Waals surface area contributed by atoms with Crippen LogP contribution in [0.4, 0.5) is 5.69 Å². The third kappa shape index (κ3) is 4.33. The number of hydrogen-bond donors (Lipinski definition) is 0. The number of rotatable bonds is 5. The van der Waals surface area contributed by atoms with Gasteiger partial charge in [-0.1, -0.05) is 29.8 Å². The fourth-order valence-corrected chi connectivity index (χ4v) is 4.14. The van der Waals surface area contributed by atoms with Gasteiger partial charge in [-0.15, -0.1) is 11.8 Å². The van der Waals surface area contributed by atoms with Crippen LogP contribution in [0.5, 0.6) is 5.75 Å². The van der Waals surface area contributed by atoms with Crippen molar-refractivity contribution in [3.8, 4) is 5.75 Å². The number of piperazine rings is 1. The summed E-state index contributed by atoms with van der Waals surface area (Å²) >= 11 is 1.63. The van der Waals surface area contributed by atoms with Gasteiger partial charge in [0, 0.05) is 31.1 Å². The number of benzene rings is 2. The molecule has 2 aromatic rings. The van der Waals surface area contributed by atoms with Crippen LogP contribution in [0.15, 0.2) is 53.4 Å². The van der Waals surface area contributed by atoms with Crippen molar-refractivity contribution in [2.75, 3.05) is 38.2 Å². The highest BCUT2D eigenvalue weighted by Crippen LogP contribution is 2.29. The molecule has 0 saturated carbocycles. The number of anilines is 1. The second-order valence-corrected chi connectivity index (χ2v) is 7.97. The fourth-order valence-electron chi connectivity index (χ4n) is 3.19. The quantitative estimate of drug-likeness (QED) is 0.749. The van der Waals surface area contributed by atoms with E-state index in [-0.39, 0.29) is 11.2 Å². The minimum Gasteiger partial charge on any atom is -0.495 e. The van der Waals surface area contributed by atoms with E-state index in [4.69, 9.17) is 4.74 Å². The predicted molar refractivity (Wildman–Crippen MR) is 108 cm³/mol. The van der Waals surface area contributed by atoms with Crippen LogP contribution in [0.2, 0.25) is 0 Å². The van der Waals surface area contributed by atoms with Crippen molar-refractivity contribution < 1.29 is 9.53 Å². The minimum atomic E-state index is -0.0736. The van der Waals surface area contributed by atoms with Crippen LogP contribution < -0.4 is 9.64 Å². The molecule has 138 valence electrons. The lowest BCUT2D eigenvalue weighted by Crippen LogP contribution is -2.50. The number of aryl methyl sites for hydroxylation is 1. The average molecular weight is 371 g/mol. The summed E-state index contributed by atoms with van der Waals surface area (Å²) in [6.45, 7) is 7.22. The number of thioether (sulfide) groups is 1. The summed E-state index contributed by atoms with van der Waals surface area (Å²) in [6, 6.07) is 16.4. The fraction of sp³-hybridized carbons (Fsp3) is 0.381. The predicted octanol–water partition coefficient (Wildman–Crippen LogP) is 3.83. The summed E-state index contributed by atoms with van der Waals surface area (Å²) in [5, 5.41) is -0.0736. The molecule has 3 rings (SSSR count). The van der Waals surface area contributed by atoms with Gasteiger partial charge >= 0.3 is 0 Å². The van der Waals surface area contributed by atoms with Crippen LogP contribution in [-0.2, 0) is 4.79 Å². The van der Waals surface area contributed by atoms with Gasteiger partial charge in [0.1, 0.15) is 5.75 Å². The number of para-hydroxylation sites is 2. The first-order valence-corrected chi connectivity index (χ1v) is 9.86. The smallest absolute Gasteiger partial charge is 0.235 e. The molecular weight excluding hydrogens is 344 g/mol. The largest absolute Gasteiger partial charge is 0.495 e. The van der Waals surface area contributed by atoms with E-state index in [0.29, 0.717) is 0 Å². The topological polar surface area (TPSA) is 32.8 Å². The highest BCUT2D eigenvalue weighted by molar-refractivity contribution is 8.00. The molecule has 1 heterocycles. The van der Waals surface area contributed by atoms with Crippen molar-refractivity contribution in [3.63, 3.8) is 0 Å². The number of ether oxygens (including phenoxy) is 1. The molecule has 26 heavy (non-hydrogen) atoms. The Kier molecular flexibility index (Phi) is 6.09. The maximum atomic E-state index is 12.8. The van der Waals surface area contributed by atoms with Crippen molar-refractivity contribution in [2.45, 2.75) is 24.0 Å². The number of carbonyl (C=O) groups is 1. The van der Waals surface area contributed by atoms with E-state index in [1.165, 1.54) is 5.56 Å². The van der Waals surface area contributed by atoms with Crippen molar-refractivity contribution in [3.05, 3.63) is 54.1 Å². The van der Waals surface area contributed by atoms with Gasteiger partial charge in [0.25, 0.3) is 0 Å². The number of nitrogens with zero attached hydrogens (tertiary/aromatic N) is 2. The van der Waals surface area contributed by atoms with Crippen LogP contribution in [-0.4, -0.2) is 49.3 Å². The summed E-state index contributed by atoms with van der Waals surface area (Å²) in [6.07, 6.45) is 0. The lowest BCUT2D eigenvalue weighted by Gasteiger charge is -2.37. The highest BCUT2D eigenvalue weighted by atomic mass is 32.2. The van der Waals surface area contributed by atoms with E-state index in [0.717, 1.165) is 42.5 Å². The van der Waals surface area contributed by atoms with Crippen LogP contribution in [0, 0.1) is 6.92 Å². The first-order valence-electron chi connectivity index (χ1n) is 8.98. The Morgan fingerprint density at radius 3 is 2.35 bits per heavy atom. The SMILES string of the molecule is COc1ccccc1N1CCN(C(=O)[C@H](C)Sc2ccc(C)cc2)CC1. The van der Waals surface area contributed by atoms with Gasteiger partial charge in [-0.2, -0.15) is 0 Å². The number of hydrogen-bond acceptors (Lipinski definition) is 4. The van der Waals surface area contributed by atoms with E-state index >= 15 is 0 Å². The van der Waals surface area contributed by atoms with Crippen molar-refractivity contribution in [1.82, 2.24) is 4.90 Å². The molecule has 2 aromatic carbocycles. The molecule has 0 spiro atoms. The third-order valence-corrected chi connectivity index (χ3v) is 5.80. The zero-order valence-corrected chi connectivity index (χ0v) is 16.5. The molecule has 4 nitrogen and oxygen atoms in total. The second kappa shape index (κ2) is 8.49. The first-order chi connectivity index (χ1) is 12.6. The van der Waals surface area contributed by atoms with E-state index < -0.39 is 0 Å². The van der Waals surface area contributed by atoms with E-state index in [9.17, 15) is 4.79 Å². The highest BCUT2D eigenvalue weighted by Gasteiger charge is 2.26.